The second-order valence-electron chi connectivity index (χ2n) is 4.59. The van der Waals surface area contributed by atoms with Crippen LogP contribution in [0.15, 0.2) is 60.7 Å². The maximum absolute atomic E-state index is 12.6. The molecule has 0 radical (unpaired) electrons. The summed E-state index contributed by atoms with van der Waals surface area (Å²) in [5, 5.41) is 0. The fourth-order valence-electron chi connectivity index (χ4n) is 2.06. The number of rotatable bonds is 3. The zero-order valence-electron chi connectivity index (χ0n) is 11.0. The summed E-state index contributed by atoms with van der Waals surface area (Å²) >= 11 is 3.68. The molecule has 2 nitrogen and oxygen atoms in total. The average Bonchev–Trinajstić information content (AvgIpc) is 2.47. The van der Waals surface area contributed by atoms with Gasteiger partial charge >= 0.3 is 0 Å². The average molecular weight is 318 g/mol. The topological polar surface area (TPSA) is 20.3 Å². The van der Waals surface area contributed by atoms with E-state index >= 15 is 0 Å². The molecule has 0 spiro atoms. The Morgan fingerprint density at radius 2 is 1.26 bits per heavy atom. The number of hydrogen-bond acceptors (Lipinski definition) is 1. The summed E-state index contributed by atoms with van der Waals surface area (Å²) in [6, 6.07) is 19.5. The van der Waals surface area contributed by atoms with E-state index in [0.717, 1.165) is 11.1 Å². The SMILES string of the molecule is CN(C)C(=O)C(Br)(c1ccccc1)c1ccccc1. The summed E-state index contributed by atoms with van der Waals surface area (Å²) in [5.41, 5.74) is 1.86. The third-order valence-electron chi connectivity index (χ3n) is 3.04. The number of carbonyl (C=O) groups excluding carboxylic acids is 1. The summed E-state index contributed by atoms with van der Waals surface area (Å²) in [4.78, 5) is 14.3. The lowest BCUT2D eigenvalue weighted by Gasteiger charge is -2.30. The largest absolute Gasteiger partial charge is 0.347 e. The summed E-state index contributed by atoms with van der Waals surface area (Å²) in [7, 11) is 3.54. The van der Waals surface area contributed by atoms with Crippen LogP contribution in [0.4, 0.5) is 0 Å². The van der Waals surface area contributed by atoms with Gasteiger partial charge in [-0.15, -0.1) is 0 Å². The van der Waals surface area contributed by atoms with Gasteiger partial charge in [-0.25, -0.2) is 0 Å². The van der Waals surface area contributed by atoms with Crippen LogP contribution in [-0.2, 0) is 9.12 Å². The summed E-state index contributed by atoms with van der Waals surface area (Å²) in [6.07, 6.45) is 0. The molecule has 0 saturated heterocycles. The van der Waals surface area contributed by atoms with Gasteiger partial charge in [0.2, 0.25) is 5.91 Å². The van der Waals surface area contributed by atoms with Crippen LogP contribution in [0, 0.1) is 0 Å². The van der Waals surface area contributed by atoms with Crippen molar-refractivity contribution in [3.05, 3.63) is 71.8 Å². The van der Waals surface area contributed by atoms with Gasteiger partial charge < -0.3 is 4.90 Å². The number of alkyl halides is 1. The van der Waals surface area contributed by atoms with E-state index in [9.17, 15) is 4.79 Å². The van der Waals surface area contributed by atoms with E-state index in [4.69, 9.17) is 0 Å². The Morgan fingerprint density at radius 3 is 1.58 bits per heavy atom. The molecule has 0 aliphatic rings. The normalized spacial score (nSPS) is 11.1. The van der Waals surface area contributed by atoms with E-state index in [1.807, 2.05) is 60.7 Å². The highest BCUT2D eigenvalue weighted by Crippen LogP contribution is 2.39. The van der Waals surface area contributed by atoms with Crippen LogP contribution in [-0.4, -0.2) is 24.9 Å². The van der Waals surface area contributed by atoms with E-state index in [1.54, 1.807) is 19.0 Å². The minimum Gasteiger partial charge on any atom is -0.347 e. The zero-order chi connectivity index (χ0) is 13.9. The number of benzene rings is 2. The van der Waals surface area contributed by atoms with Crippen molar-refractivity contribution in [1.82, 2.24) is 4.90 Å². The van der Waals surface area contributed by atoms with Gasteiger partial charge in [-0.1, -0.05) is 76.6 Å². The van der Waals surface area contributed by atoms with E-state index in [0.29, 0.717) is 0 Å². The molecule has 2 aromatic rings. The van der Waals surface area contributed by atoms with Crippen molar-refractivity contribution >= 4 is 21.8 Å². The van der Waals surface area contributed by atoms with E-state index in [2.05, 4.69) is 15.9 Å². The number of likely N-dealkylation sites (N-methyl/N-ethyl adjacent to an activating group) is 1. The van der Waals surface area contributed by atoms with Crippen molar-refractivity contribution < 1.29 is 4.79 Å². The Kier molecular flexibility index (Phi) is 4.05. The minimum absolute atomic E-state index is 0.00454. The number of amides is 1. The van der Waals surface area contributed by atoms with Gasteiger partial charge in [0.1, 0.15) is 0 Å². The Morgan fingerprint density at radius 1 is 0.895 bits per heavy atom. The molecule has 1 amide bonds. The zero-order valence-corrected chi connectivity index (χ0v) is 12.6. The van der Waals surface area contributed by atoms with Gasteiger partial charge in [-0.3, -0.25) is 4.79 Å². The van der Waals surface area contributed by atoms with Crippen LogP contribution in [0.25, 0.3) is 0 Å². The second kappa shape index (κ2) is 5.57. The predicted octanol–water partition coefficient (Wildman–Crippen LogP) is 3.41. The molecule has 0 fully saturated rings. The van der Waals surface area contributed by atoms with Crippen LogP contribution < -0.4 is 0 Å². The molecule has 0 atom stereocenters. The van der Waals surface area contributed by atoms with E-state index < -0.39 is 4.32 Å². The van der Waals surface area contributed by atoms with Crippen molar-refractivity contribution in [2.45, 2.75) is 4.32 Å². The maximum atomic E-state index is 12.6. The fraction of sp³-hybridized carbons (Fsp3) is 0.188. The standard InChI is InChI=1S/C16H16BrNO/c1-18(2)15(19)16(17,13-9-5-3-6-10-13)14-11-7-4-8-12-14/h3-12H,1-2H3. The molecule has 0 heterocycles. The predicted molar refractivity (Wildman–Crippen MR) is 81.3 cm³/mol. The molecule has 0 N–H and O–H groups in total. The van der Waals surface area contributed by atoms with Gasteiger partial charge in [0.25, 0.3) is 0 Å². The molecule has 0 bridgehead atoms. The summed E-state index contributed by atoms with van der Waals surface area (Å²) in [5.74, 6) is 0.00454. The Labute approximate surface area is 122 Å². The molecular formula is C16H16BrNO. The lowest BCUT2D eigenvalue weighted by Crippen LogP contribution is -2.40. The monoisotopic (exact) mass is 317 g/mol. The quantitative estimate of drug-likeness (QED) is 0.794. The van der Waals surface area contributed by atoms with Gasteiger partial charge in [0.05, 0.1) is 0 Å². The van der Waals surface area contributed by atoms with Gasteiger partial charge in [-0.2, -0.15) is 0 Å². The van der Waals surface area contributed by atoms with Gasteiger partial charge in [0.15, 0.2) is 4.32 Å². The third-order valence-corrected chi connectivity index (χ3v) is 4.30. The molecule has 0 aliphatic heterocycles. The first-order valence-corrected chi connectivity index (χ1v) is 6.88. The Hall–Kier alpha value is -1.61. The highest BCUT2D eigenvalue weighted by atomic mass is 79.9. The molecule has 0 unspecified atom stereocenters. The highest BCUT2D eigenvalue weighted by Gasteiger charge is 2.40. The first kappa shape index (κ1) is 13.8. The smallest absolute Gasteiger partial charge is 0.248 e. The van der Waals surface area contributed by atoms with E-state index in [1.165, 1.54) is 0 Å². The van der Waals surface area contributed by atoms with Crippen molar-refractivity contribution in [3.63, 3.8) is 0 Å². The molecular weight excluding hydrogens is 302 g/mol. The molecule has 2 aromatic carbocycles. The van der Waals surface area contributed by atoms with Crippen molar-refractivity contribution in [2.75, 3.05) is 14.1 Å². The van der Waals surface area contributed by atoms with Gasteiger partial charge in [0, 0.05) is 14.1 Å². The molecule has 0 aliphatic carbocycles. The van der Waals surface area contributed by atoms with Crippen molar-refractivity contribution in [1.29, 1.82) is 0 Å². The molecule has 2 rings (SSSR count). The molecule has 98 valence electrons. The lowest BCUT2D eigenvalue weighted by molar-refractivity contribution is -0.130. The molecule has 0 aromatic heterocycles. The number of halogens is 1. The van der Waals surface area contributed by atoms with Crippen LogP contribution >= 0.6 is 15.9 Å². The molecule has 0 saturated carbocycles. The van der Waals surface area contributed by atoms with E-state index in [-0.39, 0.29) is 5.91 Å². The Balaban J connectivity index is 2.61. The third kappa shape index (κ3) is 2.56. The van der Waals surface area contributed by atoms with Crippen LogP contribution in [0.5, 0.6) is 0 Å². The minimum atomic E-state index is -0.834. The van der Waals surface area contributed by atoms with Gasteiger partial charge in [-0.05, 0) is 11.1 Å². The number of nitrogens with zero attached hydrogens (tertiary/aromatic N) is 1. The molecule has 3 heteroatoms. The summed E-state index contributed by atoms with van der Waals surface area (Å²) in [6.45, 7) is 0. The summed E-state index contributed by atoms with van der Waals surface area (Å²) < 4.78 is -0.834. The first-order chi connectivity index (χ1) is 9.06. The molecule has 19 heavy (non-hydrogen) atoms. The number of hydrogen-bond donors (Lipinski definition) is 0. The second-order valence-corrected chi connectivity index (χ2v) is 5.78. The van der Waals surface area contributed by atoms with Crippen LogP contribution in [0.2, 0.25) is 0 Å². The van der Waals surface area contributed by atoms with Crippen LogP contribution in [0.3, 0.4) is 0 Å². The Bertz CT molecular complexity index is 512. The maximum Gasteiger partial charge on any atom is 0.248 e. The van der Waals surface area contributed by atoms with Crippen LogP contribution in [0.1, 0.15) is 11.1 Å². The van der Waals surface area contributed by atoms with Crippen molar-refractivity contribution in [2.24, 2.45) is 0 Å². The first-order valence-electron chi connectivity index (χ1n) is 6.08. The fourth-order valence-corrected chi connectivity index (χ4v) is 2.94. The number of carbonyl (C=O) groups is 1. The highest BCUT2D eigenvalue weighted by molar-refractivity contribution is 9.10. The lowest BCUT2D eigenvalue weighted by atomic mass is 9.90. The van der Waals surface area contributed by atoms with Crippen molar-refractivity contribution in [3.8, 4) is 0 Å².